The van der Waals surface area contributed by atoms with Crippen molar-refractivity contribution in [1.82, 2.24) is 10.2 Å². The molecule has 6 rings (SSSR count). The Bertz CT molecular complexity index is 1910. The highest BCUT2D eigenvalue weighted by Crippen LogP contribution is 2.30. The zero-order valence-corrected chi connectivity index (χ0v) is 25.1. The highest BCUT2D eigenvalue weighted by atomic mass is 19.2. The first-order chi connectivity index (χ1) is 23.1. The van der Waals surface area contributed by atoms with Crippen LogP contribution in [0.15, 0.2) is 96.1 Å². The van der Waals surface area contributed by atoms with Crippen molar-refractivity contribution >= 4 is 35.7 Å². The Morgan fingerprint density at radius 1 is 0.729 bits per heavy atom. The Morgan fingerprint density at radius 2 is 1.25 bits per heavy atom. The summed E-state index contributed by atoms with van der Waals surface area (Å²) in [4.78, 5) is 52.8. The Balaban J connectivity index is 1.14. The summed E-state index contributed by atoms with van der Waals surface area (Å²) in [5.74, 6) is -5.55. The number of hydrogen-bond donors (Lipinski definition) is 1. The van der Waals surface area contributed by atoms with E-state index in [0.29, 0.717) is 16.9 Å². The van der Waals surface area contributed by atoms with Gasteiger partial charge in [-0.1, -0.05) is 24.3 Å². The Kier molecular flexibility index (Phi) is 9.02. The number of benzene rings is 4. The Labute approximate surface area is 272 Å². The third kappa shape index (κ3) is 6.80. The fourth-order valence-corrected chi connectivity index (χ4v) is 5.62. The maximum absolute atomic E-state index is 13.9. The maximum Gasteiger partial charge on any atom is 0.261 e. The summed E-state index contributed by atoms with van der Waals surface area (Å²) in [7, 11) is 0. The SMILES string of the molecule is O=C1/C(=C/c2ccc(F)c(F)c2)CC(NC(=O)c2ccc(OCCN3C(=O)c4ccccc4C3=O)cc2)C/C1=C\c1ccc(F)c(F)c1. The average Bonchev–Trinajstić information content (AvgIpc) is 3.31. The normalized spacial score (nSPS) is 17.6. The van der Waals surface area contributed by atoms with Crippen LogP contribution in [-0.4, -0.2) is 47.6 Å². The zero-order chi connectivity index (χ0) is 33.9. The molecule has 1 aliphatic carbocycles. The second kappa shape index (κ2) is 13.5. The van der Waals surface area contributed by atoms with Crippen LogP contribution in [0.1, 0.15) is 55.0 Å². The van der Waals surface area contributed by atoms with Gasteiger partial charge in [0.15, 0.2) is 29.1 Å². The lowest BCUT2D eigenvalue weighted by molar-refractivity contribution is -0.113. The monoisotopic (exact) mass is 654 g/mol. The van der Waals surface area contributed by atoms with Crippen molar-refractivity contribution < 1.29 is 41.5 Å². The van der Waals surface area contributed by atoms with Gasteiger partial charge in [0, 0.05) is 22.8 Å². The summed E-state index contributed by atoms with van der Waals surface area (Å²) in [6, 6.07) is 18.5. The van der Waals surface area contributed by atoms with E-state index in [1.165, 1.54) is 36.4 Å². The third-order valence-electron chi connectivity index (χ3n) is 8.00. The van der Waals surface area contributed by atoms with E-state index in [9.17, 15) is 36.7 Å². The van der Waals surface area contributed by atoms with Crippen molar-refractivity contribution in [3.63, 3.8) is 0 Å². The van der Waals surface area contributed by atoms with Crippen molar-refractivity contribution in [2.75, 3.05) is 13.2 Å². The van der Waals surface area contributed by atoms with Gasteiger partial charge >= 0.3 is 0 Å². The summed E-state index contributed by atoms with van der Waals surface area (Å²) < 4.78 is 60.5. The highest BCUT2D eigenvalue weighted by Gasteiger charge is 2.35. The molecule has 3 amide bonds. The number of amides is 3. The van der Waals surface area contributed by atoms with Crippen LogP contribution in [0.25, 0.3) is 12.2 Å². The van der Waals surface area contributed by atoms with E-state index >= 15 is 0 Å². The smallest absolute Gasteiger partial charge is 0.261 e. The number of Topliss-reactive ketones (excluding diaryl/α,β-unsaturated/α-hetero) is 1. The number of carbonyl (C=O) groups excluding carboxylic acids is 4. The molecule has 0 saturated heterocycles. The molecule has 0 radical (unpaired) electrons. The molecular formula is C37H26F4N2O5. The van der Waals surface area contributed by atoms with Crippen LogP contribution in [0.5, 0.6) is 5.75 Å². The number of carbonyl (C=O) groups is 4. The molecule has 1 heterocycles. The van der Waals surface area contributed by atoms with Crippen molar-refractivity contribution in [3.05, 3.63) is 147 Å². The second-order valence-electron chi connectivity index (χ2n) is 11.3. The summed E-state index contributed by atoms with van der Waals surface area (Å²) >= 11 is 0. The molecule has 0 bridgehead atoms. The van der Waals surface area contributed by atoms with Gasteiger partial charge in [-0.15, -0.1) is 0 Å². The van der Waals surface area contributed by atoms with E-state index in [-0.39, 0.29) is 65.6 Å². The van der Waals surface area contributed by atoms with Crippen LogP contribution < -0.4 is 10.1 Å². The molecule has 48 heavy (non-hydrogen) atoms. The van der Waals surface area contributed by atoms with Crippen LogP contribution in [-0.2, 0) is 4.79 Å². The molecule has 0 unspecified atom stereocenters. The van der Waals surface area contributed by atoms with Crippen molar-refractivity contribution in [1.29, 1.82) is 0 Å². The number of halogens is 4. The van der Waals surface area contributed by atoms with Gasteiger partial charge in [0.2, 0.25) is 0 Å². The topological polar surface area (TPSA) is 92.8 Å². The van der Waals surface area contributed by atoms with Crippen LogP contribution in [0.3, 0.4) is 0 Å². The van der Waals surface area contributed by atoms with Gasteiger partial charge in [-0.3, -0.25) is 24.1 Å². The van der Waals surface area contributed by atoms with Gasteiger partial charge in [0.05, 0.1) is 17.7 Å². The maximum atomic E-state index is 13.9. The first-order valence-corrected chi connectivity index (χ1v) is 14.9. The van der Waals surface area contributed by atoms with Gasteiger partial charge < -0.3 is 10.1 Å². The number of nitrogens with zero attached hydrogens (tertiary/aromatic N) is 1. The van der Waals surface area contributed by atoms with Crippen LogP contribution >= 0.6 is 0 Å². The fraction of sp³-hybridized carbons (Fsp3) is 0.135. The van der Waals surface area contributed by atoms with Crippen LogP contribution in [0.2, 0.25) is 0 Å². The average molecular weight is 655 g/mol. The molecule has 1 aliphatic heterocycles. The Hall–Kier alpha value is -5.84. The predicted molar refractivity (Wildman–Crippen MR) is 168 cm³/mol. The highest BCUT2D eigenvalue weighted by molar-refractivity contribution is 6.21. The number of ether oxygens (including phenoxy) is 1. The number of ketones is 1. The molecule has 7 nitrogen and oxygen atoms in total. The largest absolute Gasteiger partial charge is 0.492 e. The van der Waals surface area contributed by atoms with Crippen molar-refractivity contribution in [2.24, 2.45) is 0 Å². The minimum Gasteiger partial charge on any atom is -0.492 e. The molecule has 0 atom stereocenters. The summed E-state index contributed by atoms with van der Waals surface area (Å²) in [6.45, 7) is 0.0725. The van der Waals surface area contributed by atoms with Crippen molar-refractivity contribution in [3.8, 4) is 5.75 Å². The van der Waals surface area contributed by atoms with Crippen LogP contribution in [0.4, 0.5) is 17.6 Å². The molecule has 1 N–H and O–H groups in total. The summed E-state index contributed by atoms with van der Waals surface area (Å²) in [5, 5.41) is 2.88. The minimum atomic E-state index is -1.09. The number of nitrogens with one attached hydrogen (secondary N) is 1. The van der Waals surface area contributed by atoms with E-state index in [0.717, 1.165) is 29.2 Å². The molecule has 1 saturated carbocycles. The lowest BCUT2D eigenvalue weighted by Crippen LogP contribution is -2.39. The van der Waals surface area contributed by atoms with Gasteiger partial charge in [-0.2, -0.15) is 0 Å². The van der Waals surface area contributed by atoms with Crippen molar-refractivity contribution in [2.45, 2.75) is 18.9 Å². The van der Waals surface area contributed by atoms with E-state index in [2.05, 4.69) is 5.32 Å². The fourth-order valence-electron chi connectivity index (χ4n) is 5.62. The number of fused-ring (bicyclic) bond motifs is 1. The van der Waals surface area contributed by atoms with E-state index in [1.807, 2.05) is 0 Å². The lowest BCUT2D eigenvalue weighted by atomic mass is 9.83. The first kappa shape index (κ1) is 32.1. The quantitative estimate of drug-likeness (QED) is 0.132. The van der Waals surface area contributed by atoms with E-state index < -0.39 is 41.0 Å². The van der Waals surface area contributed by atoms with E-state index in [4.69, 9.17) is 4.74 Å². The molecule has 242 valence electrons. The van der Waals surface area contributed by atoms with Gasteiger partial charge in [0.1, 0.15) is 12.4 Å². The Morgan fingerprint density at radius 3 is 1.75 bits per heavy atom. The van der Waals surface area contributed by atoms with Gasteiger partial charge in [0.25, 0.3) is 17.7 Å². The predicted octanol–water partition coefficient (Wildman–Crippen LogP) is 6.55. The second-order valence-corrected chi connectivity index (χ2v) is 11.3. The third-order valence-corrected chi connectivity index (χ3v) is 8.00. The molecule has 4 aromatic carbocycles. The lowest BCUT2D eigenvalue weighted by Gasteiger charge is -2.27. The zero-order valence-electron chi connectivity index (χ0n) is 25.1. The molecule has 0 aromatic heterocycles. The minimum absolute atomic E-state index is 0.0350. The molecular weight excluding hydrogens is 628 g/mol. The molecule has 1 fully saturated rings. The molecule has 4 aromatic rings. The number of rotatable bonds is 8. The van der Waals surface area contributed by atoms with Gasteiger partial charge in [-0.25, -0.2) is 17.6 Å². The van der Waals surface area contributed by atoms with E-state index in [1.54, 1.807) is 36.4 Å². The van der Waals surface area contributed by atoms with Crippen LogP contribution in [0, 0.1) is 23.3 Å². The standard InChI is InChI=1S/C37H26F4N2O5/c38-30-11-5-21(17-32(30)40)15-24-19-26(20-25(34(24)44)16-22-6-12-31(39)33(41)18-22)42-35(45)23-7-9-27(10-8-23)48-14-13-43-36(46)28-3-1-2-4-29(28)37(43)47/h1-12,15-18,26H,13-14,19-20H2,(H,42,45)/b24-15+,25-16+. The van der Waals surface area contributed by atoms with Gasteiger partial charge in [-0.05, 0) is 96.8 Å². The first-order valence-electron chi connectivity index (χ1n) is 14.9. The molecule has 2 aliphatic rings. The summed E-state index contributed by atoms with van der Waals surface area (Å²) in [5.41, 5.74) is 1.83. The summed E-state index contributed by atoms with van der Waals surface area (Å²) in [6.07, 6.45) is 2.93. The number of imide groups is 1. The molecule has 0 spiro atoms. The molecule has 11 heteroatoms. The number of hydrogen-bond acceptors (Lipinski definition) is 5.